The molecule has 0 bridgehead atoms. The monoisotopic (exact) mass is 347 g/mol. The van der Waals surface area contributed by atoms with Crippen molar-refractivity contribution in [2.45, 2.75) is 38.5 Å². The maximum absolute atomic E-state index is 12.5. The first kappa shape index (κ1) is 17.2. The van der Waals surface area contributed by atoms with Gasteiger partial charge in [-0.3, -0.25) is 14.3 Å². The van der Waals surface area contributed by atoms with Gasteiger partial charge in [0.2, 0.25) is 11.8 Å². The van der Waals surface area contributed by atoms with Crippen molar-refractivity contribution in [1.29, 1.82) is 0 Å². The van der Waals surface area contributed by atoms with Crippen LogP contribution in [0.5, 0.6) is 0 Å². The van der Waals surface area contributed by atoms with Gasteiger partial charge in [0.15, 0.2) is 0 Å². The molecule has 134 valence electrons. The van der Waals surface area contributed by atoms with E-state index in [9.17, 15) is 14.7 Å². The number of aryl methyl sites for hydroxylation is 2. The van der Waals surface area contributed by atoms with E-state index in [0.717, 1.165) is 5.69 Å². The fourth-order valence-electron chi connectivity index (χ4n) is 2.94. The Morgan fingerprint density at radius 3 is 2.92 bits per heavy atom. The van der Waals surface area contributed by atoms with E-state index >= 15 is 0 Å². The molecular formula is C16H21N5O4. The standard InChI is InChI=1S/C16H21N5O4/c1-10-5-13(25-19-10)7-15(23)21-9-12(22)6-14(21)16(24)17-8-11-3-4-20(2)18-11/h3-5,12,14,22H,6-9H2,1-2H3,(H,17,24)/t12-,14+/m1/s1. The van der Waals surface area contributed by atoms with Crippen molar-refractivity contribution in [3.05, 3.63) is 35.5 Å². The minimum Gasteiger partial charge on any atom is -0.391 e. The molecule has 0 aliphatic carbocycles. The fourth-order valence-corrected chi connectivity index (χ4v) is 2.94. The van der Waals surface area contributed by atoms with Crippen LogP contribution in [-0.2, 0) is 29.6 Å². The van der Waals surface area contributed by atoms with Gasteiger partial charge < -0.3 is 19.8 Å². The molecule has 9 heteroatoms. The zero-order chi connectivity index (χ0) is 18.0. The van der Waals surface area contributed by atoms with Crippen LogP contribution >= 0.6 is 0 Å². The van der Waals surface area contributed by atoms with Crippen molar-refractivity contribution in [3.63, 3.8) is 0 Å². The molecule has 0 spiro atoms. The number of rotatable bonds is 5. The van der Waals surface area contributed by atoms with Crippen molar-refractivity contribution in [2.24, 2.45) is 7.05 Å². The number of aliphatic hydroxyl groups excluding tert-OH is 1. The summed E-state index contributed by atoms with van der Waals surface area (Å²) in [7, 11) is 1.80. The molecule has 0 saturated carbocycles. The summed E-state index contributed by atoms with van der Waals surface area (Å²) in [5.74, 6) is -0.133. The van der Waals surface area contributed by atoms with Crippen molar-refractivity contribution in [2.75, 3.05) is 6.54 Å². The zero-order valence-corrected chi connectivity index (χ0v) is 14.2. The summed E-state index contributed by atoms with van der Waals surface area (Å²) in [6, 6.07) is 2.79. The van der Waals surface area contributed by atoms with Crippen LogP contribution < -0.4 is 5.32 Å². The fraction of sp³-hybridized carbons (Fsp3) is 0.500. The Labute approximate surface area is 144 Å². The first-order valence-corrected chi connectivity index (χ1v) is 8.08. The molecule has 2 N–H and O–H groups in total. The van der Waals surface area contributed by atoms with Crippen molar-refractivity contribution in [3.8, 4) is 0 Å². The molecule has 9 nitrogen and oxygen atoms in total. The lowest BCUT2D eigenvalue weighted by atomic mass is 10.1. The number of carbonyl (C=O) groups excluding carboxylic acids is 2. The third-order valence-corrected chi connectivity index (χ3v) is 4.12. The van der Waals surface area contributed by atoms with Crippen LogP contribution in [0.4, 0.5) is 0 Å². The number of nitrogens with zero attached hydrogens (tertiary/aromatic N) is 4. The maximum Gasteiger partial charge on any atom is 0.243 e. The number of aliphatic hydroxyl groups is 1. The molecule has 0 aromatic carbocycles. The van der Waals surface area contributed by atoms with Crippen molar-refractivity contribution in [1.82, 2.24) is 25.2 Å². The van der Waals surface area contributed by atoms with E-state index in [1.54, 1.807) is 37.0 Å². The Morgan fingerprint density at radius 2 is 2.28 bits per heavy atom. The van der Waals surface area contributed by atoms with Crippen LogP contribution in [-0.4, -0.2) is 55.4 Å². The molecule has 3 heterocycles. The average molecular weight is 347 g/mol. The van der Waals surface area contributed by atoms with Crippen molar-refractivity contribution >= 4 is 11.8 Å². The lowest BCUT2D eigenvalue weighted by molar-refractivity contribution is -0.138. The normalized spacial score (nSPS) is 20.0. The van der Waals surface area contributed by atoms with Gasteiger partial charge in [0, 0.05) is 32.3 Å². The van der Waals surface area contributed by atoms with Gasteiger partial charge in [-0.15, -0.1) is 0 Å². The second-order valence-corrected chi connectivity index (χ2v) is 6.26. The Balaban J connectivity index is 1.61. The molecule has 2 atom stereocenters. The highest BCUT2D eigenvalue weighted by molar-refractivity contribution is 5.89. The van der Waals surface area contributed by atoms with E-state index in [-0.39, 0.29) is 37.7 Å². The number of likely N-dealkylation sites (tertiary alicyclic amines) is 1. The summed E-state index contributed by atoms with van der Waals surface area (Å²) in [4.78, 5) is 26.3. The van der Waals surface area contributed by atoms with Crippen LogP contribution in [0.2, 0.25) is 0 Å². The van der Waals surface area contributed by atoms with E-state index in [1.165, 1.54) is 4.90 Å². The smallest absolute Gasteiger partial charge is 0.243 e. The Hall–Kier alpha value is -2.68. The van der Waals surface area contributed by atoms with Crippen LogP contribution in [0.15, 0.2) is 22.9 Å². The first-order valence-electron chi connectivity index (χ1n) is 8.08. The SMILES string of the molecule is Cc1cc(CC(=O)N2C[C@H](O)C[C@H]2C(=O)NCc2ccn(C)n2)on1. The second-order valence-electron chi connectivity index (χ2n) is 6.26. The number of nitrogens with one attached hydrogen (secondary N) is 1. The van der Waals surface area contributed by atoms with Crippen LogP contribution in [0.3, 0.4) is 0 Å². The number of hydrogen-bond donors (Lipinski definition) is 2. The van der Waals surface area contributed by atoms with Gasteiger partial charge in [-0.05, 0) is 13.0 Å². The highest BCUT2D eigenvalue weighted by Gasteiger charge is 2.38. The third kappa shape index (κ3) is 4.05. The number of carbonyl (C=O) groups is 2. The molecule has 2 amide bonds. The number of hydrogen-bond acceptors (Lipinski definition) is 6. The van der Waals surface area contributed by atoms with Gasteiger partial charge in [-0.25, -0.2) is 0 Å². The van der Waals surface area contributed by atoms with E-state index < -0.39 is 12.1 Å². The first-order chi connectivity index (χ1) is 11.9. The summed E-state index contributed by atoms with van der Waals surface area (Å²) in [6.45, 7) is 2.17. The third-order valence-electron chi connectivity index (χ3n) is 4.12. The van der Waals surface area contributed by atoms with Gasteiger partial charge in [0.25, 0.3) is 0 Å². The summed E-state index contributed by atoms with van der Waals surface area (Å²) < 4.78 is 6.70. The zero-order valence-electron chi connectivity index (χ0n) is 14.2. The maximum atomic E-state index is 12.5. The molecule has 3 rings (SSSR count). The van der Waals surface area contributed by atoms with Crippen LogP contribution in [0.25, 0.3) is 0 Å². The quantitative estimate of drug-likeness (QED) is 0.756. The summed E-state index contributed by atoms with van der Waals surface area (Å²) in [5.41, 5.74) is 1.42. The van der Waals surface area contributed by atoms with Gasteiger partial charge in [0.05, 0.1) is 30.5 Å². The van der Waals surface area contributed by atoms with Crippen LogP contribution in [0.1, 0.15) is 23.6 Å². The summed E-state index contributed by atoms with van der Waals surface area (Å²) in [5, 5.41) is 20.6. The Morgan fingerprint density at radius 1 is 1.48 bits per heavy atom. The number of amides is 2. The molecule has 0 radical (unpaired) electrons. The molecule has 2 aromatic rings. The largest absolute Gasteiger partial charge is 0.391 e. The van der Waals surface area contributed by atoms with Gasteiger partial charge >= 0.3 is 0 Å². The molecular weight excluding hydrogens is 326 g/mol. The van der Waals surface area contributed by atoms with Gasteiger partial charge in [-0.2, -0.15) is 5.10 Å². The van der Waals surface area contributed by atoms with Gasteiger partial charge in [-0.1, -0.05) is 5.16 Å². The Kier molecular flexibility index (Phi) is 4.84. The molecule has 0 unspecified atom stereocenters. The highest BCUT2D eigenvalue weighted by atomic mass is 16.5. The lowest BCUT2D eigenvalue weighted by Gasteiger charge is -2.23. The number of β-amino-alcohol motifs (C(OH)–C–C–N with tert-alkyl or cyclic N) is 1. The predicted molar refractivity (Wildman–Crippen MR) is 86.1 cm³/mol. The molecule has 1 fully saturated rings. The van der Waals surface area contributed by atoms with E-state index in [4.69, 9.17) is 4.52 Å². The minimum atomic E-state index is -0.717. The minimum absolute atomic E-state index is 0.0115. The summed E-state index contributed by atoms with van der Waals surface area (Å²) >= 11 is 0. The second kappa shape index (κ2) is 7.06. The molecule has 2 aromatic heterocycles. The van der Waals surface area contributed by atoms with Crippen molar-refractivity contribution < 1.29 is 19.2 Å². The van der Waals surface area contributed by atoms with E-state index in [0.29, 0.717) is 11.5 Å². The molecule has 1 aliphatic rings. The summed E-state index contributed by atoms with van der Waals surface area (Å²) in [6.07, 6.45) is 1.30. The highest BCUT2D eigenvalue weighted by Crippen LogP contribution is 2.20. The molecule has 1 saturated heterocycles. The topological polar surface area (TPSA) is 113 Å². The van der Waals surface area contributed by atoms with E-state index in [1.807, 2.05) is 0 Å². The lowest BCUT2D eigenvalue weighted by Crippen LogP contribution is -2.46. The van der Waals surface area contributed by atoms with Gasteiger partial charge in [0.1, 0.15) is 11.8 Å². The molecule has 25 heavy (non-hydrogen) atoms. The predicted octanol–water partition coefficient (Wildman–Crippen LogP) is -0.463. The number of aromatic nitrogens is 3. The Bertz CT molecular complexity index is 768. The molecule has 1 aliphatic heterocycles. The van der Waals surface area contributed by atoms with E-state index in [2.05, 4.69) is 15.6 Å². The van der Waals surface area contributed by atoms with Crippen LogP contribution in [0, 0.1) is 6.92 Å². The average Bonchev–Trinajstić information content (AvgIpc) is 3.26.